The average molecular weight is 305 g/mol. The molecule has 0 spiro atoms. The van der Waals surface area contributed by atoms with E-state index in [0.29, 0.717) is 5.56 Å². The Morgan fingerprint density at radius 2 is 2.30 bits per heavy atom. The van der Waals surface area contributed by atoms with Crippen molar-refractivity contribution in [2.45, 2.75) is 4.21 Å². The normalized spacial score (nSPS) is 9.85. The van der Waals surface area contributed by atoms with Crippen molar-refractivity contribution in [3.8, 4) is 18.2 Å². The minimum Gasteiger partial charge on any atom is -0.479 e. The Morgan fingerprint density at radius 1 is 1.50 bits per heavy atom. The van der Waals surface area contributed by atoms with Crippen LogP contribution in [0, 0.1) is 12.3 Å². The third-order valence-electron chi connectivity index (χ3n) is 2.38. The highest BCUT2D eigenvalue weighted by atomic mass is 32.2. The van der Waals surface area contributed by atoms with Crippen molar-refractivity contribution in [2.75, 3.05) is 18.7 Å². The zero-order valence-corrected chi connectivity index (χ0v) is 12.5. The maximum absolute atomic E-state index is 12.1. The molecule has 2 aromatic rings. The lowest BCUT2D eigenvalue weighted by Gasteiger charge is -2.04. The summed E-state index contributed by atoms with van der Waals surface area (Å²) in [5, 5.41) is 12.2. The molecule has 0 radical (unpaired) electrons. The summed E-state index contributed by atoms with van der Waals surface area (Å²) in [6.07, 6.45) is 7.32. The molecule has 0 aliphatic heterocycles. The maximum Gasteiger partial charge on any atom is 0.276 e. The maximum atomic E-state index is 12.1. The molecule has 0 unspecified atom stereocenters. The zero-order valence-electron chi connectivity index (χ0n) is 10.8. The monoisotopic (exact) mass is 305 g/mol. The number of hydrogen-bond acceptors (Lipinski definition) is 6. The minimum atomic E-state index is -0.359. The molecule has 0 atom stereocenters. The fourth-order valence-corrected chi connectivity index (χ4v) is 2.77. The molecular weight excluding hydrogens is 294 g/mol. The first-order chi connectivity index (χ1) is 9.67. The lowest BCUT2D eigenvalue weighted by atomic mass is 10.2. The highest BCUT2D eigenvalue weighted by molar-refractivity contribution is 8.00. The van der Waals surface area contributed by atoms with Gasteiger partial charge in [-0.3, -0.25) is 4.79 Å². The fourth-order valence-electron chi connectivity index (χ4n) is 1.43. The number of nitrogens with one attached hydrogen (secondary N) is 1. The second-order valence-corrected chi connectivity index (χ2v) is 5.63. The van der Waals surface area contributed by atoms with Crippen LogP contribution in [-0.2, 0) is 0 Å². The van der Waals surface area contributed by atoms with E-state index in [2.05, 4.69) is 21.4 Å². The summed E-state index contributed by atoms with van der Waals surface area (Å²) in [5.41, 5.74) is 1.27. The van der Waals surface area contributed by atoms with Crippen LogP contribution in [0.2, 0.25) is 0 Å². The predicted molar refractivity (Wildman–Crippen MR) is 80.6 cm³/mol. The molecule has 0 aliphatic carbocycles. The molecular formula is C13H11N3O2S2. The van der Waals surface area contributed by atoms with Crippen molar-refractivity contribution in [2.24, 2.45) is 0 Å². The summed E-state index contributed by atoms with van der Waals surface area (Å²) in [6.45, 7) is 0. The number of terminal acetylenes is 1. The molecule has 2 rings (SSSR count). The highest BCUT2D eigenvalue weighted by Crippen LogP contribution is 2.27. The summed E-state index contributed by atoms with van der Waals surface area (Å²) in [5.74, 6) is 2.28. The average Bonchev–Trinajstić information content (AvgIpc) is 2.94. The molecule has 0 aliphatic rings. The summed E-state index contributed by atoms with van der Waals surface area (Å²) in [6, 6.07) is 3.37. The number of thiophene rings is 1. The third-order valence-corrected chi connectivity index (χ3v) is 4.41. The van der Waals surface area contributed by atoms with Crippen LogP contribution in [0.25, 0.3) is 0 Å². The van der Waals surface area contributed by atoms with Crippen molar-refractivity contribution in [1.82, 2.24) is 10.2 Å². The Hall–Kier alpha value is -2.04. The third kappa shape index (κ3) is 3.10. The van der Waals surface area contributed by atoms with Crippen molar-refractivity contribution in [3.63, 3.8) is 0 Å². The lowest BCUT2D eigenvalue weighted by molar-refractivity contribution is 0.102. The van der Waals surface area contributed by atoms with Crippen LogP contribution >= 0.6 is 23.1 Å². The van der Waals surface area contributed by atoms with Gasteiger partial charge in [0.15, 0.2) is 5.69 Å². The fraction of sp³-hybridized carbons (Fsp3) is 0.154. The zero-order chi connectivity index (χ0) is 14.5. The quantitative estimate of drug-likeness (QED) is 0.694. The van der Waals surface area contributed by atoms with E-state index in [1.54, 1.807) is 23.1 Å². The Labute approximate surface area is 124 Å². The molecule has 1 amide bonds. The van der Waals surface area contributed by atoms with Crippen LogP contribution in [0.5, 0.6) is 5.88 Å². The molecule has 0 saturated heterocycles. The molecule has 0 aromatic carbocycles. The SMILES string of the molecule is C#Cc1cc(C(=O)Nc2csc(SC)c2)nnc1OC. The smallest absolute Gasteiger partial charge is 0.276 e. The first-order valence-electron chi connectivity index (χ1n) is 5.50. The molecule has 1 N–H and O–H groups in total. The number of nitrogens with zero attached hydrogens (tertiary/aromatic N) is 2. The van der Waals surface area contributed by atoms with Gasteiger partial charge < -0.3 is 10.1 Å². The van der Waals surface area contributed by atoms with Gasteiger partial charge in [-0.15, -0.1) is 39.7 Å². The standard InChI is InChI=1S/C13H11N3O2S2/c1-4-8-5-10(15-16-13(8)18-2)12(17)14-9-6-11(19-3)20-7-9/h1,5-7H,2-3H3,(H,14,17). The topological polar surface area (TPSA) is 64.1 Å². The van der Waals surface area contributed by atoms with Gasteiger partial charge in [-0.2, -0.15) is 0 Å². The molecule has 0 saturated carbocycles. The van der Waals surface area contributed by atoms with Crippen molar-refractivity contribution < 1.29 is 9.53 Å². The molecule has 7 heteroatoms. The van der Waals surface area contributed by atoms with Crippen LogP contribution in [-0.4, -0.2) is 29.5 Å². The molecule has 2 aromatic heterocycles. The number of thioether (sulfide) groups is 1. The molecule has 5 nitrogen and oxygen atoms in total. The van der Waals surface area contributed by atoms with Crippen LogP contribution in [0.4, 0.5) is 5.69 Å². The van der Waals surface area contributed by atoms with Crippen molar-refractivity contribution >= 4 is 34.7 Å². The van der Waals surface area contributed by atoms with Crippen molar-refractivity contribution in [1.29, 1.82) is 0 Å². The van der Waals surface area contributed by atoms with Gasteiger partial charge in [-0.1, -0.05) is 5.92 Å². The van der Waals surface area contributed by atoms with Crippen LogP contribution in [0.3, 0.4) is 0 Å². The summed E-state index contributed by atoms with van der Waals surface area (Å²) >= 11 is 3.18. The molecule has 0 bridgehead atoms. The van der Waals surface area contributed by atoms with Gasteiger partial charge in [0.25, 0.3) is 5.91 Å². The van der Waals surface area contributed by atoms with Crippen LogP contribution in [0.15, 0.2) is 21.7 Å². The number of carbonyl (C=O) groups excluding carboxylic acids is 1. The number of methoxy groups -OCH3 is 1. The second-order valence-electron chi connectivity index (χ2n) is 3.61. The van der Waals surface area contributed by atoms with Gasteiger partial charge in [-0.25, -0.2) is 0 Å². The van der Waals surface area contributed by atoms with Crippen LogP contribution in [0.1, 0.15) is 16.1 Å². The number of aromatic nitrogens is 2. The number of ether oxygens (including phenoxy) is 1. The van der Waals surface area contributed by atoms with E-state index < -0.39 is 0 Å². The van der Waals surface area contributed by atoms with Gasteiger partial charge in [-0.05, 0) is 18.4 Å². The summed E-state index contributed by atoms with van der Waals surface area (Å²) < 4.78 is 6.07. The van der Waals surface area contributed by atoms with Gasteiger partial charge in [0.2, 0.25) is 5.88 Å². The van der Waals surface area contributed by atoms with E-state index >= 15 is 0 Å². The van der Waals surface area contributed by atoms with E-state index in [-0.39, 0.29) is 17.5 Å². The number of carbonyl (C=O) groups is 1. The van der Waals surface area contributed by atoms with E-state index in [1.807, 2.05) is 17.7 Å². The van der Waals surface area contributed by atoms with E-state index in [4.69, 9.17) is 11.2 Å². The van der Waals surface area contributed by atoms with Crippen molar-refractivity contribution in [3.05, 3.63) is 28.8 Å². The number of amides is 1. The minimum absolute atomic E-state index is 0.149. The Bertz CT molecular complexity index is 676. The van der Waals surface area contributed by atoms with Gasteiger partial charge in [0, 0.05) is 5.38 Å². The predicted octanol–water partition coefficient (Wildman–Crippen LogP) is 2.50. The Morgan fingerprint density at radius 3 is 2.90 bits per heavy atom. The number of anilines is 1. The second kappa shape index (κ2) is 6.41. The molecule has 102 valence electrons. The largest absolute Gasteiger partial charge is 0.479 e. The van der Waals surface area contributed by atoms with E-state index in [0.717, 1.165) is 9.90 Å². The Balaban J connectivity index is 2.19. The van der Waals surface area contributed by atoms with Gasteiger partial charge in [0.05, 0.1) is 22.6 Å². The van der Waals surface area contributed by atoms with E-state index in [1.165, 1.54) is 13.2 Å². The van der Waals surface area contributed by atoms with E-state index in [9.17, 15) is 4.79 Å². The lowest BCUT2D eigenvalue weighted by Crippen LogP contribution is -2.14. The molecule has 0 fully saturated rings. The highest BCUT2D eigenvalue weighted by Gasteiger charge is 2.13. The first kappa shape index (κ1) is 14.4. The summed E-state index contributed by atoms with van der Waals surface area (Å²) in [7, 11) is 1.44. The van der Waals surface area contributed by atoms with Gasteiger partial charge in [0.1, 0.15) is 0 Å². The number of rotatable bonds is 4. The summed E-state index contributed by atoms with van der Waals surface area (Å²) in [4.78, 5) is 12.1. The first-order valence-corrected chi connectivity index (χ1v) is 7.60. The van der Waals surface area contributed by atoms with Crippen LogP contribution < -0.4 is 10.1 Å². The Kier molecular flexibility index (Phi) is 4.61. The van der Waals surface area contributed by atoms with Gasteiger partial charge >= 0.3 is 0 Å². The molecule has 20 heavy (non-hydrogen) atoms. The molecule has 2 heterocycles. The number of hydrogen-bond donors (Lipinski definition) is 1.